The molecule has 2 rings (SSSR count). The molecule has 0 atom stereocenters. The van der Waals surface area contributed by atoms with E-state index in [0.717, 1.165) is 13.0 Å². The van der Waals surface area contributed by atoms with Crippen LogP contribution in [0.2, 0.25) is 0 Å². The first-order valence-corrected chi connectivity index (χ1v) is 4.93. The highest BCUT2D eigenvalue weighted by atomic mass is 14.8. The second-order valence-corrected chi connectivity index (χ2v) is 3.48. The SMILES string of the molecule is CNCCc1c[nH]c2c1=CCCC=2.[HH]. The van der Waals surface area contributed by atoms with E-state index in [0.29, 0.717) is 0 Å². The minimum absolute atomic E-state index is 0. The number of fused-ring (bicyclic) bond motifs is 1. The molecule has 2 heteroatoms. The smallest absolute Gasteiger partial charge is 0.0413 e. The Hall–Kier alpha value is -1.02. The molecule has 1 aromatic heterocycles. The van der Waals surface area contributed by atoms with Crippen LogP contribution in [0, 0.1) is 0 Å². The maximum Gasteiger partial charge on any atom is 0.0413 e. The quantitative estimate of drug-likeness (QED) is 0.688. The molecular weight excluding hydrogens is 160 g/mol. The van der Waals surface area contributed by atoms with Crippen molar-refractivity contribution in [2.75, 3.05) is 13.6 Å². The predicted octanol–water partition coefficient (Wildman–Crippen LogP) is 0.377. The van der Waals surface area contributed by atoms with Crippen LogP contribution in [0.3, 0.4) is 0 Å². The molecule has 0 aromatic carbocycles. The highest BCUT2D eigenvalue weighted by molar-refractivity contribution is 5.39. The predicted molar refractivity (Wildman–Crippen MR) is 58.0 cm³/mol. The van der Waals surface area contributed by atoms with Gasteiger partial charge in [0, 0.05) is 13.0 Å². The summed E-state index contributed by atoms with van der Waals surface area (Å²) in [5, 5.41) is 5.92. The van der Waals surface area contributed by atoms with Crippen molar-refractivity contribution in [3.05, 3.63) is 22.3 Å². The van der Waals surface area contributed by atoms with E-state index >= 15 is 0 Å². The molecule has 0 spiro atoms. The van der Waals surface area contributed by atoms with Gasteiger partial charge in [-0.05, 0) is 43.6 Å². The van der Waals surface area contributed by atoms with Gasteiger partial charge in [-0.2, -0.15) is 0 Å². The zero-order chi connectivity index (χ0) is 9.10. The monoisotopic (exact) mass is 178 g/mol. The minimum atomic E-state index is 0. The van der Waals surface area contributed by atoms with E-state index in [-0.39, 0.29) is 1.43 Å². The van der Waals surface area contributed by atoms with Crippen molar-refractivity contribution in [1.29, 1.82) is 0 Å². The van der Waals surface area contributed by atoms with Crippen molar-refractivity contribution >= 4 is 12.2 Å². The Labute approximate surface area is 79.8 Å². The summed E-state index contributed by atoms with van der Waals surface area (Å²) in [5.41, 5.74) is 1.44. The number of rotatable bonds is 3. The second-order valence-electron chi connectivity index (χ2n) is 3.48. The Morgan fingerprint density at radius 1 is 1.46 bits per heavy atom. The lowest BCUT2D eigenvalue weighted by Crippen LogP contribution is -2.28. The first kappa shape index (κ1) is 8.57. The molecule has 0 saturated carbocycles. The van der Waals surface area contributed by atoms with E-state index in [1.54, 1.807) is 0 Å². The normalized spacial score (nSPS) is 14.5. The molecule has 2 nitrogen and oxygen atoms in total. The van der Waals surface area contributed by atoms with E-state index in [1.807, 2.05) is 7.05 Å². The van der Waals surface area contributed by atoms with Crippen molar-refractivity contribution < 1.29 is 1.43 Å². The summed E-state index contributed by atoms with van der Waals surface area (Å²) in [6.45, 7) is 1.05. The molecule has 1 aliphatic carbocycles. The van der Waals surface area contributed by atoms with Crippen LogP contribution in [0.5, 0.6) is 0 Å². The molecule has 0 saturated heterocycles. The van der Waals surface area contributed by atoms with Crippen molar-refractivity contribution in [1.82, 2.24) is 10.3 Å². The number of aromatic amines is 1. The van der Waals surface area contributed by atoms with Gasteiger partial charge in [0.25, 0.3) is 0 Å². The van der Waals surface area contributed by atoms with Crippen LogP contribution in [0.15, 0.2) is 6.20 Å². The fourth-order valence-corrected chi connectivity index (χ4v) is 1.83. The summed E-state index contributed by atoms with van der Waals surface area (Å²) in [7, 11) is 1.99. The molecule has 0 bridgehead atoms. The maximum absolute atomic E-state index is 3.32. The van der Waals surface area contributed by atoms with Crippen LogP contribution in [-0.4, -0.2) is 18.6 Å². The summed E-state index contributed by atoms with van der Waals surface area (Å²) in [6, 6.07) is 0. The summed E-state index contributed by atoms with van der Waals surface area (Å²) in [4.78, 5) is 3.32. The number of hydrogen-bond donors (Lipinski definition) is 2. The molecule has 72 valence electrons. The standard InChI is InChI=1S/C11H16N2.H2/c1-12-7-6-9-8-13-11-5-3-2-4-10(9)11;/h4-5,8,12-13H,2-3,6-7H2,1H3;1H. The number of H-pyrrole nitrogens is 1. The lowest BCUT2D eigenvalue weighted by molar-refractivity contribution is 0.790. The van der Waals surface area contributed by atoms with Gasteiger partial charge >= 0.3 is 0 Å². The van der Waals surface area contributed by atoms with E-state index in [4.69, 9.17) is 0 Å². The molecule has 0 unspecified atom stereocenters. The zero-order valence-electron chi connectivity index (χ0n) is 8.06. The lowest BCUT2D eigenvalue weighted by atomic mass is 10.1. The molecule has 1 aliphatic rings. The molecule has 0 amide bonds. The Morgan fingerprint density at radius 3 is 3.15 bits per heavy atom. The molecule has 13 heavy (non-hydrogen) atoms. The van der Waals surface area contributed by atoms with Crippen LogP contribution in [-0.2, 0) is 6.42 Å². The minimum Gasteiger partial charge on any atom is -0.361 e. The Morgan fingerprint density at radius 2 is 2.31 bits per heavy atom. The van der Waals surface area contributed by atoms with Gasteiger partial charge in [0.2, 0.25) is 0 Å². The second kappa shape index (κ2) is 3.79. The van der Waals surface area contributed by atoms with Crippen LogP contribution >= 0.6 is 0 Å². The molecule has 0 aliphatic heterocycles. The number of nitrogens with one attached hydrogen (secondary N) is 2. The maximum atomic E-state index is 3.32. The molecule has 1 heterocycles. The van der Waals surface area contributed by atoms with Gasteiger partial charge in [-0.15, -0.1) is 0 Å². The third-order valence-corrected chi connectivity index (χ3v) is 2.55. The fraction of sp³-hybridized carbons (Fsp3) is 0.455. The van der Waals surface area contributed by atoms with Crippen molar-refractivity contribution in [3.8, 4) is 0 Å². The van der Waals surface area contributed by atoms with Crippen LogP contribution in [0.1, 0.15) is 19.8 Å². The average molecular weight is 178 g/mol. The van der Waals surface area contributed by atoms with Crippen molar-refractivity contribution in [3.63, 3.8) is 0 Å². The first-order chi connectivity index (χ1) is 6.42. The Bertz CT molecular complexity index is 392. The van der Waals surface area contributed by atoms with Crippen LogP contribution < -0.4 is 15.9 Å². The van der Waals surface area contributed by atoms with Gasteiger partial charge < -0.3 is 10.3 Å². The van der Waals surface area contributed by atoms with Crippen molar-refractivity contribution in [2.45, 2.75) is 19.3 Å². The lowest BCUT2D eigenvalue weighted by Gasteiger charge is -1.98. The molecular formula is C11H18N2. The summed E-state index contributed by atoms with van der Waals surface area (Å²) in [6.07, 6.45) is 10.3. The summed E-state index contributed by atoms with van der Waals surface area (Å²) in [5.74, 6) is 0. The molecule has 0 fully saturated rings. The van der Waals surface area contributed by atoms with Gasteiger partial charge in [-0.1, -0.05) is 12.2 Å². The number of likely N-dealkylation sites (N-methyl/N-ethyl adjacent to an activating group) is 1. The van der Waals surface area contributed by atoms with E-state index in [9.17, 15) is 0 Å². The first-order valence-electron chi connectivity index (χ1n) is 4.93. The van der Waals surface area contributed by atoms with Gasteiger partial charge in [0.15, 0.2) is 0 Å². The Kier molecular flexibility index (Phi) is 2.50. The third kappa shape index (κ3) is 1.68. The van der Waals surface area contributed by atoms with Gasteiger partial charge in [-0.25, -0.2) is 0 Å². The van der Waals surface area contributed by atoms with Gasteiger partial charge in [0.1, 0.15) is 0 Å². The Balaban J connectivity index is 0.000000980. The van der Waals surface area contributed by atoms with Gasteiger partial charge in [0.05, 0.1) is 0 Å². The van der Waals surface area contributed by atoms with E-state index < -0.39 is 0 Å². The zero-order valence-corrected chi connectivity index (χ0v) is 8.06. The van der Waals surface area contributed by atoms with Crippen LogP contribution in [0.25, 0.3) is 12.2 Å². The summed E-state index contributed by atoms with van der Waals surface area (Å²) >= 11 is 0. The summed E-state index contributed by atoms with van der Waals surface area (Å²) < 4.78 is 0. The molecule has 2 N–H and O–H groups in total. The fourth-order valence-electron chi connectivity index (χ4n) is 1.83. The largest absolute Gasteiger partial charge is 0.361 e. The number of aromatic nitrogens is 1. The van der Waals surface area contributed by atoms with Gasteiger partial charge in [-0.3, -0.25) is 0 Å². The number of hydrogen-bond acceptors (Lipinski definition) is 1. The molecule has 1 aromatic rings. The van der Waals surface area contributed by atoms with Crippen LogP contribution in [0.4, 0.5) is 0 Å². The highest BCUT2D eigenvalue weighted by Crippen LogP contribution is 1.97. The van der Waals surface area contributed by atoms with Crippen molar-refractivity contribution in [2.24, 2.45) is 0 Å². The van der Waals surface area contributed by atoms with E-state index in [1.165, 1.54) is 29.0 Å². The van der Waals surface area contributed by atoms with E-state index in [2.05, 4.69) is 28.6 Å². The topological polar surface area (TPSA) is 27.8 Å². The third-order valence-electron chi connectivity index (χ3n) is 2.55. The highest BCUT2D eigenvalue weighted by Gasteiger charge is 2.00. The molecule has 0 radical (unpaired) electrons. The average Bonchev–Trinajstić information content (AvgIpc) is 2.58.